The van der Waals surface area contributed by atoms with Gasteiger partial charge in [-0.15, -0.1) is 0 Å². The minimum Gasteiger partial charge on any atom is -0.380 e. The Bertz CT molecular complexity index is 936. The fourth-order valence-corrected chi connectivity index (χ4v) is 3.99. The van der Waals surface area contributed by atoms with Crippen LogP contribution >= 0.6 is 11.6 Å². The third-order valence-corrected chi connectivity index (χ3v) is 6.04. The van der Waals surface area contributed by atoms with E-state index in [1.165, 1.54) is 6.07 Å². The van der Waals surface area contributed by atoms with Gasteiger partial charge in [-0.05, 0) is 55.2 Å². The number of hydrogen-bond donors (Lipinski definition) is 1. The van der Waals surface area contributed by atoms with Crippen LogP contribution in [0.5, 0.6) is 0 Å². The SMILES string of the molecule is O=C(c1ccc(-c2ccc(Cl)cc2F)cc1)N1CCN(C(=O)C2(O)CCC2)CC1. The van der Waals surface area contributed by atoms with Crippen LogP contribution in [-0.2, 0) is 4.79 Å². The molecule has 2 aromatic carbocycles. The van der Waals surface area contributed by atoms with Crippen molar-refractivity contribution in [1.29, 1.82) is 0 Å². The van der Waals surface area contributed by atoms with Crippen LogP contribution in [0.2, 0.25) is 5.02 Å². The molecule has 0 spiro atoms. The van der Waals surface area contributed by atoms with Crippen molar-refractivity contribution in [2.24, 2.45) is 0 Å². The van der Waals surface area contributed by atoms with Gasteiger partial charge in [-0.3, -0.25) is 9.59 Å². The van der Waals surface area contributed by atoms with Crippen LogP contribution in [0.25, 0.3) is 11.1 Å². The molecule has 5 nitrogen and oxygen atoms in total. The monoisotopic (exact) mass is 416 g/mol. The van der Waals surface area contributed by atoms with Crippen LogP contribution in [0.4, 0.5) is 4.39 Å². The lowest BCUT2D eigenvalue weighted by molar-refractivity contribution is -0.161. The normalized spacial score (nSPS) is 18.3. The Morgan fingerprint density at radius 3 is 2.14 bits per heavy atom. The first-order valence-corrected chi connectivity index (χ1v) is 10.1. The van der Waals surface area contributed by atoms with Gasteiger partial charge in [-0.1, -0.05) is 23.7 Å². The number of halogens is 2. The number of rotatable bonds is 3. The smallest absolute Gasteiger partial charge is 0.254 e. The first kappa shape index (κ1) is 19.9. The molecule has 29 heavy (non-hydrogen) atoms. The molecule has 0 aromatic heterocycles. The van der Waals surface area contributed by atoms with Crippen molar-refractivity contribution in [2.45, 2.75) is 24.9 Å². The van der Waals surface area contributed by atoms with E-state index in [0.717, 1.165) is 6.42 Å². The highest BCUT2D eigenvalue weighted by Crippen LogP contribution is 2.33. The van der Waals surface area contributed by atoms with Crippen molar-refractivity contribution < 1.29 is 19.1 Å². The maximum Gasteiger partial charge on any atom is 0.254 e. The van der Waals surface area contributed by atoms with Crippen molar-refractivity contribution >= 4 is 23.4 Å². The Balaban J connectivity index is 1.39. The standard InChI is InChI=1S/C22H22ClFN2O3/c23-17-6-7-18(19(24)14-17)15-2-4-16(5-3-15)20(27)25-10-12-26(13-11-25)21(28)22(29)8-1-9-22/h2-7,14,29H,1,8-13H2. The van der Waals surface area contributed by atoms with E-state index >= 15 is 0 Å². The second-order valence-electron chi connectivity index (χ2n) is 7.67. The van der Waals surface area contributed by atoms with Crippen molar-refractivity contribution in [1.82, 2.24) is 9.80 Å². The number of nitrogens with zero attached hydrogens (tertiary/aromatic N) is 2. The first-order valence-electron chi connectivity index (χ1n) is 9.74. The lowest BCUT2D eigenvalue weighted by Gasteiger charge is -2.42. The Morgan fingerprint density at radius 2 is 1.59 bits per heavy atom. The second kappa shape index (κ2) is 7.76. The summed E-state index contributed by atoms with van der Waals surface area (Å²) in [5, 5.41) is 10.6. The highest BCUT2D eigenvalue weighted by molar-refractivity contribution is 6.30. The van der Waals surface area contributed by atoms with Crippen LogP contribution in [0.15, 0.2) is 42.5 Å². The highest BCUT2D eigenvalue weighted by atomic mass is 35.5. The van der Waals surface area contributed by atoms with Gasteiger partial charge in [0.1, 0.15) is 11.4 Å². The molecule has 152 valence electrons. The number of amides is 2. The molecule has 1 saturated carbocycles. The largest absolute Gasteiger partial charge is 0.380 e. The van der Waals surface area contributed by atoms with Crippen LogP contribution in [0.1, 0.15) is 29.6 Å². The fraction of sp³-hybridized carbons (Fsp3) is 0.364. The second-order valence-corrected chi connectivity index (χ2v) is 8.11. The Morgan fingerprint density at radius 1 is 0.966 bits per heavy atom. The molecule has 2 amide bonds. The third kappa shape index (κ3) is 3.87. The van der Waals surface area contributed by atoms with Crippen LogP contribution in [0.3, 0.4) is 0 Å². The maximum absolute atomic E-state index is 14.1. The molecule has 1 saturated heterocycles. The molecule has 0 atom stereocenters. The fourth-order valence-electron chi connectivity index (χ4n) is 3.83. The summed E-state index contributed by atoms with van der Waals surface area (Å²) >= 11 is 5.79. The number of hydrogen-bond acceptors (Lipinski definition) is 3. The van der Waals surface area contributed by atoms with Crippen LogP contribution in [-0.4, -0.2) is 58.5 Å². The molecule has 4 rings (SSSR count). The lowest BCUT2D eigenvalue weighted by Crippen LogP contribution is -2.58. The van der Waals surface area contributed by atoms with Gasteiger partial charge in [-0.25, -0.2) is 4.39 Å². The summed E-state index contributed by atoms with van der Waals surface area (Å²) < 4.78 is 14.1. The number of piperazine rings is 1. The first-order chi connectivity index (χ1) is 13.9. The summed E-state index contributed by atoms with van der Waals surface area (Å²) in [6.07, 6.45) is 1.91. The molecule has 1 N–H and O–H groups in total. The summed E-state index contributed by atoms with van der Waals surface area (Å²) in [5.41, 5.74) is 0.411. The van der Waals surface area contributed by atoms with E-state index in [1.54, 1.807) is 46.2 Å². The van der Waals surface area contributed by atoms with Gasteiger partial charge >= 0.3 is 0 Å². The van der Waals surface area contributed by atoms with E-state index in [1.807, 2.05) is 0 Å². The average molecular weight is 417 g/mol. The third-order valence-electron chi connectivity index (χ3n) is 5.81. The van der Waals surface area contributed by atoms with Crippen LogP contribution in [0, 0.1) is 5.82 Å². The molecule has 1 aliphatic heterocycles. The molecule has 0 radical (unpaired) electrons. The van der Waals surface area contributed by atoms with Gasteiger partial charge in [0.2, 0.25) is 0 Å². The topological polar surface area (TPSA) is 60.9 Å². The minimum absolute atomic E-state index is 0.123. The summed E-state index contributed by atoms with van der Waals surface area (Å²) in [6, 6.07) is 11.3. The quantitative estimate of drug-likeness (QED) is 0.834. The average Bonchev–Trinajstić information content (AvgIpc) is 2.71. The van der Waals surface area contributed by atoms with Gasteiger partial charge in [0.05, 0.1) is 0 Å². The van der Waals surface area contributed by atoms with Crippen molar-refractivity contribution in [2.75, 3.05) is 26.2 Å². The van der Waals surface area contributed by atoms with E-state index in [-0.39, 0.29) is 11.8 Å². The number of carbonyl (C=O) groups is 2. The van der Waals surface area contributed by atoms with Crippen molar-refractivity contribution in [3.8, 4) is 11.1 Å². The molecule has 0 bridgehead atoms. The van der Waals surface area contributed by atoms with Gasteiger partial charge in [0, 0.05) is 42.3 Å². The minimum atomic E-state index is -1.20. The molecule has 2 aromatic rings. The lowest BCUT2D eigenvalue weighted by atomic mass is 9.79. The highest BCUT2D eigenvalue weighted by Gasteiger charge is 2.45. The van der Waals surface area contributed by atoms with Crippen molar-refractivity contribution in [3.05, 3.63) is 58.9 Å². The van der Waals surface area contributed by atoms with Gasteiger partial charge in [0.15, 0.2) is 0 Å². The summed E-state index contributed by atoms with van der Waals surface area (Å²) in [7, 11) is 0. The molecule has 1 heterocycles. The van der Waals surface area contributed by atoms with E-state index in [9.17, 15) is 19.1 Å². The molecule has 1 aliphatic carbocycles. The summed E-state index contributed by atoms with van der Waals surface area (Å²) in [4.78, 5) is 28.5. The zero-order chi connectivity index (χ0) is 20.6. The maximum atomic E-state index is 14.1. The van der Waals surface area contributed by atoms with E-state index in [2.05, 4.69) is 0 Å². The Kier molecular flexibility index (Phi) is 5.32. The summed E-state index contributed by atoms with van der Waals surface area (Å²) in [5.74, 6) is -0.752. The zero-order valence-corrected chi connectivity index (χ0v) is 16.7. The zero-order valence-electron chi connectivity index (χ0n) is 15.9. The molecule has 2 fully saturated rings. The predicted molar refractivity (Wildman–Crippen MR) is 108 cm³/mol. The van der Waals surface area contributed by atoms with Gasteiger partial charge in [0.25, 0.3) is 11.8 Å². The van der Waals surface area contributed by atoms with E-state index in [4.69, 9.17) is 11.6 Å². The number of aliphatic hydroxyl groups is 1. The van der Waals surface area contributed by atoms with Gasteiger partial charge in [-0.2, -0.15) is 0 Å². The van der Waals surface area contributed by atoms with Crippen LogP contribution < -0.4 is 0 Å². The molecular formula is C22H22ClFN2O3. The molecule has 7 heteroatoms. The van der Waals surface area contributed by atoms with Gasteiger partial charge < -0.3 is 14.9 Å². The number of carbonyl (C=O) groups excluding carboxylic acids is 2. The molecular weight excluding hydrogens is 395 g/mol. The number of benzene rings is 2. The summed E-state index contributed by atoms with van der Waals surface area (Å²) in [6.45, 7) is 1.68. The van der Waals surface area contributed by atoms with E-state index in [0.29, 0.717) is 60.7 Å². The molecule has 0 unspecified atom stereocenters. The van der Waals surface area contributed by atoms with E-state index < -0.39 is 11.4 Å². The van der Waals surface area contributed by atoms with Crippen molar-refractivity contribution in [3.63, 3.8) is 0 Å². The Labute approximate surface area is 173 Å². The molecule has 2 aliphatic rings. The Hall–Kier alpha value is -2.44. The predicted octanol–water partition coefficient (Wildman–Crippen LogP) is 3.35.